The van der Waals surface area contributed by atoms with Crippen molar-refractivity contribution in [2.45, 2.75) is 13.0 Å². The first-order chi connectivity index (χ1) is 14.7. The third kappa shape index (κ3) is 5.79. The van der Waals surface area contributed by atoms with Crippen molar-refractivity contribution < 1.29 is 13.2 Å². The van der Waals surface area contributed by atoms with Crippen LogP contribution in [0, 0.1) is 6.92 Å². The monoisotopic (exact) mass is 476 g/mol. The fraction of sp³-hybridized carbons (Fsp3) is 0.174. The van der Waals surface area contributed by atoms with Gasteiger partial charge in [0, 0.05) is 5.02 Å². The molecule has 0 saturated carbocycles. The SMILES string of the molecule is Cc1ccccc1C(NC(=O)CN(c1cc(Cl)ccc1Cl)S(C)(=O)=O)c1ccccc1. The van der Waals surface area contributed by atoms with E-state index in [2.05, 4.69) is 5.32 Å². The van der Waals surface area contributed by atoms with Gasteiger partial charge < -0.3 is 5.32 Å². The second kappa shape index (κ2) is 9.73. The summed E-state index contributed by atoms with van der Waals surface area (Å²) >= 11 is 12.2. The summed E-state index contributed by atoms with van der Waals surface area (Å²) in [6, 6.07) is 21.3. The van der Waals surface area contributed by atoms with Crippen molar-refractivity contribution in [1.29, 1.82) is 0 Å². The highest BCUT2D eigenvalue weighted by Gasteiger charge is 2.26. The molecule has 0 radical (unpaired) electrons. The predicted molar refractivity (Wildman–Crippen MR) is 126 cm³/mol. The van der Waals surface area contributed by atoms with Crippen LogP contribution in [0.1, 0.15) is 22.7 Å². The molecule has 0 spiro atoms. The van der Waals surface area contributed by atoms with E-state index < -0.39 is 28.5 Å². The van der Waals surface area contributed by atoms with Gasteiger partial charge in [-0.25, -0.2) is 8.42 Å². The first kappa shape index (κ1) is 23.1. The third-order valence-corrected chi connectivity index (χ3v) is 6.48. The maximum absolute atomic E-state index is 13.0. The van der Waals surface area contributed by atoms with Crippen molar-refractivity contribution in [2.75, 3.05) is 17.1 Å². The molecule has 0 fully saturated rings. The molecule has 162 valence electrons. The second-order valence-electron chi connectivity index (χ2n) is 7.13. The highest BCUT2D eigenvalue weighted by atomic mass is 35.5. The molecule has 0 aliphatic heterocycles. The van der Waals surface area contributed by atoms with Gasteiger partial charge in [-0.3, -0.25) is 9.10 Å². The van der Waals surface area contributed by atoms with E-state index in [1.807, 2.05) is 61.5 Å². The lowest BCUT2D eigenvalue weighted by Crippen LogP contribution is -2.42. The molecule has 0 aliphatic rings. The molecule has 5 nitrogen and oxygen atoms in total. The molecule has 1 atom stereocenters. The predicted octanol–water partition coefficient (Wildman–Crippen LogP) is 4.97. The number of halogens is 2. The summed E-state index contributed by atoms with van der Waals surface area (Å²) in [4.78, 5) is 13.0. The molecular formula is C23H22Cl2N2O3S. The third-order valence-electron chi connectivity index (χ3n) is 4.80. The lowest BCUT2D eigenvalue weighted by molar-refractivity contribution is -0.120. The molecule has 0 aliphatic carbocycles. The minimum absolute atomic E-state index is 0.152. The van der Waals surface area contributed by atoms with Crippen LogP contribution >= 0.6 is 23.2 Å². The highest BCUT2D eigenvalue weighted by Crippen LogP contribution is 2.31. The van der Waals surface area contributed by atoms with Crippen LogP contribution in [0.25, 0.3) is 0 Å². The van der Waals surface area contributed by atoms with Gasteiger partial charge in [-0.05, 0) is 41.8 Å². The molecule has 31 heavy (non-hydrogen) atoms. The molecular weight excluding hydrogens is 455 g/mol. The van der Waals surface area contributed by atoms with Crippen LogP contribution in [-0.2, 0) is 14.8 Å². The Balaban J connectivity index is 1.94. The Morgan fingerprint density at radius 2 is 1.65 bits per heavy atom. The minimum Gasteiger partial charge on any atom is -0.344 e. The summed E-state index contributed by atoms with van der Waals surface area (Å²) in [5.74, 6) is -0.474. The van der Waals surface area contributed by atoms with Crippen molar-refractivity contribution >= 4 is 44.8 Å². The van der Waals surface area contributed by atoms with Gasteiger partial charge in [0.1, 0.15) is 6.54 Å². The van der Waals surface area contributed by atoms with Crippen LogP contribution in [-0.4, -0.2) is 27.1 Å². The maximum Gasteiger partial charge on any atom is 0.241 e. The molecule has 0 aromatic heterocycles. The Hall–Kier alpha value is -2.54. The van der Waals surface area contributed by atoms with Crippen molar-refractivity contribution in [2.24, 2.45) is 0 Å². The quantitative estimate of drug-likeness (QED) is 0.523. The molecule has 1 amide bonds. The van der Waals surface area contributed by atoms with Crippen LogP contribution < -0.4 is 9.62 Å². The van der Waals surface area contributed by atoms with Crippen LogP contribution in [0.4, 0.5) is 5.69 Å². The van der Waals surface area contributed by atoms with E-state index in [0.29, 0.717) is 5.02 Å². The van der Waals surface area contributed by atoms with Gasteiger partial charge in [-0.2, -0.15) is 0 Å². The fourth-order valence-electron chi connectivity index (χ4n) is 3.29. The number of hydrogen-bond acceptors (Lipinski definition) is 3. The average Bonchev–Trinajstić information content (AvgIpc) is 2.73. The van der Waals surface area contributed by atoms with Crippen molar-refractivity contribution in [3.8, 4) is 0 Å². The standard InChI is InChI=1S/C23H22Cl2N2O3S/c1-16-8-6-7-11-19(16)23(17-9-4-3-5-10-17)26-22(28)15-27(31(2,29)30)21-14-18(24)12-13-20(21)25/h3-14,23H,15H2,1-2H3,(H,26,28). The zero-order valence-corrected chi connectivity index (χ0v) is 19.4. The number of hydrogen-bond donors (Lipinski definition) is 1. The Morgan fingerprint density at radius 3 is 2.29 bits per heavy atom. The van der Waals surface area contributed by atoms with Crippen molar-refractivity contribution in [3.05, 3.63) is 99.5 Å². The number of benzene rings is 3. The van der Waals surface area contributed by atoms with E-state index in [1.165, 1.54) is 12.1 Å². The summed E-state index contributed by atoms with van der Waals surface area (Å²) in [5, 5.41) is 3.47. The Kier molecular flexibility index (Phi) is 7.26. The Labute approximate surface area is 192 Å². The normalized spacial score (nSPS) is 12.3. The Bertz CT molecular complexity index is 1180. The first-order valence-corrected chi connectivity index (χ1v) is 12.1. The van der Waals surface area contributed by atoms with E-state index in [9.17, 15) is 13.2 Å². The van der Waals surface area contributed by atoms with Crippen molar-refractivity contribution in [1.82, 2.24) is 5.32 Å². The fourth-order valence-corrected chi connectivity index (χ4v) is 4.59. The van der Waals surface area contributed by atoms with E-state index in [0.717, 1.165) is 27.3 Å². The zero-order valence-electron chi connectivity index (χ0n) is 17.0. The van der Waals surface area contributed by atoms with Crippen LogP contribution in [0.15, 0.2) is 72.8 Å². The lowest BCUT2D eigenvalue weighted by atomic mass is 9.95. The van der Waals surface area contributed by atoms with Gasteiger partial charge in [0.15, 0.2) is 0 Å². The van der Waals surface area contributed by atoms with E-state index >= 15 is 0 Å². The second-order valence-corrected chi connectivity index (χ2v) is 9.88. The number of carbonyl (C=O) groups is 1. The van der Waals surface area contributed by atoms with Crippen molar-refractivity contribution in [3.63, 3.8) is 0 Å². The maximum atomic E-state index is 13.0. The van der Waals surface area contributed by atoms with Gasteiger partial charge >= 0.3 is 0 Å². The number of aryl methyl sites for hydroxylation is 1. The van der Waals surface area contributed by atoms with E-state index in [-0.39, 0.29) is 10.7 Å². The van der Waals surface area contributed by atoms with Gasteiger partial charge in [-0.15, -0.1) is 0 Å². The van der Waals surface area contributed by atoms with Gasteiger partial charge in [0.2, 0.25) is 15.9 Å². The summed E-state index contributed by atoms with van der Waals surface area (Å²) in [6.07, 6.45) is 1.02. The van der Waals surface area contributed by atoms with Crippen LogP contribution in [0.2, 0.25) is 10.0 Å². The molecule has 0 bridgehead atoms. The van der Waals surface area contributed by atoms with E-state index in [4.69, 9.17) is 23.2 Å². The highest BCUT2D eigenvalue weighted by molar-refractivity contribution is 7.92. The molecule has 3 aromatic rings. The summed E-state index contributed by atoms with van der Waals surface area (Å²) < 4.78 is 25.9. The number of anilines is 1. The topological polar surface area (TPSA) is 66.5 Å². The first-order valence-electron chi connectivity index (χ1n) is 9.49. The molecule has 3 aromatic carbocycles. The molecule has 0 saturated heterocycles. The molecule has 0 heterocycles. The summed E-state index contributed by atoms with van der Waals surface area (Å²) in [6.45, 7) is 1.53. The molecule has 1 unspecified atom stereocenters. The average molecular weight is 477 g/mol. The van der Waals surface area contributed by atoms with Crippen LogP contribution in [0.5, 0.6) is 0 Å². The largest absolute Gasteiger partial charge is 0.344 e. The summed E-state index contributed by atoms with van der Waals surface area (Å²) in [7, 11) is -3.80. The number of nitrogens with zero attached hydrogens (tertiary/aromatic N) is 1. The number of nitrogens with one attached hydrogen (secondary N) is 1. The van der Waals surface area contributed by atoms with Gasteiger partial charge in [-0.1, -0.05) is 77.8 Å². The molecule has 3 rings (SSSR count). The zero-order chi connectivity index (χ0) is 22.6. The molecule has 8 heteroatoms. The Morgan fingerprint density at radius 1 is 1.00 bits per heavy atom. The number of sulfonamides is 1. The minimum atomic E-state index is -3.80. The number of amides is 1. The van der Waals surface area contributed by atoms with Crippen LogP contribution in [0.3, 0.4) is 0 Å². The molecule has 1 N–H and O–H groups in total. The van der Waals surface area contributed by atoms with E-state index in [1.54, 1.807) is 6.07 Å². The summed E-state index contributed by atoms with van der Waals surface area (Å²) in [5.41, 5.74) is 2.97. The van der Waals surface area contributed by atoms with Gasteiger partial charge in [0.05, 0.1) is 23.0 Å². The van der Waals surface area contributed by atoms with Gasteiger partial charge in [0.25, 0.3) is 0 Å². The number of rotatable bonds is 7. The number of carbonyl (C=O) groups excluding carboxylic acids is 1. The lowest BCUT2D eigenvalue weighted by Gasteiger charge is -2.26. The smallest absolute Gasteiger partial charge is 0.241 e.